The van der Waals surface area contributed by atoms with Crippen molar-refractivity contribution < 1.29 is 9.21 Å². The van der Waals surface area contributed by atoms with Gasteiger partial charge >= 0.3 is 5.63 Å². The fraction of sp³-hybridized carbons (Fsp3) is 0.333. The van der Waals surface area contributed by atoms with Crippen molar-refractivity contribution >= 4 is 16.9 Å². The lowest BCUT2D eigenvalue weighted by atomic mass is 10.1. The summed E-state index contributed by atoms with van der Waals surface area (Å²) in [5.74, 6) is -0.238. The molecule has 0 radical (unpaired) electrons. The van der Waals surface area contributed by atoms with E-state index in [0.29, 0.717) is 12.1 Å². The van der Waals surface area contributed by atoms with E-state index in [4.69, 9.17) is 4.42 Å². The van der Waals surface area contributed by atoms with Gasteiger partial charge in [0.05, 0.1) is 6.04 Å². The maximum absolute atomic E-state index is 13.3. The van der Waals surface area contributed by atoms with E-state index in [1.54, 1.807) is 12.1 Å². The summed E-state index contributed by atoms with van der Waals surface area (Å²) >= 11 is 0. The Labute approximate surface area is 151 Å². The zero-order valence-electron chi connectivity index (χ0n) is 14.9. The van der Waals surface area contributed by atoms with Crippen LogP contribution in [-0.2, 0) is 7.05 Å². The molecule has 4 rings (SSSR count). The van der Waals surface area contributed by atoms with Crippen molar-refractivity contribution in [2.45, 2.75) is 31.7 Å². The number of carbonyl (C=O) groups is 1. The zero-order chi connectivity index (χ0) is 18.1. The fourth-order valence-electron chi connectivity index (χ4n) is 3.85. The van der Waals surface area contributed by atoms with E-state index < -0.39 is 5.63 Å². The Balaban J connectivity index is 1.76. The summed E-state index contributed by atoms with van der Waals surface area (Å²) in [5, 5.41) is 0.765. The molecule has 0 bridgehead atoms. The molecule has 1 aromatic carbocycles. The van der Waals surface area contributed by atoms with Crippen molar-refractivity contribution in [1.82, 2.24) is 9.47 Å². The summed E-state index contributed by atoms with van der Waals surface area (Å²) < 4.78 is 7.43. The van der Waals surface area contributed by atoms with E-state index in [2.05, 4.69) is 10.6 Å². The quantitative estimate of drug-likeness (QED) is 0.659. The molecule has 0 N–H and O–H groups in total. The van der Waals surface area contributed by atoms with Crippen LogP contribution in [0.3, 0.4) is 0 Å². The third-order valence-electron chi connectivity index (χ3n) is 5.21. The molecule has 1 saturated heterocycles. The molecular weight excluding hydrogens is 328 g/mol. The van der Waals surface area contributed by atoms with Gasteiger partial charge in [0.25, 0.3) is 5.91 Å². The van der Waals surface area contributed by atoms with Crippen LogP contribution in [0.4, 0.5) is 0 Å². The molecular formula is C21H22N2O3. The van der Waals surface area contributed by atoms with Crippen LogP contribution in [0.15, 0.2) is 57.9 Å². The fourth-order valence-corrected chi connectivity index (χ4v) is 3.85. The number of nitrogens with zero attached hydrogens (tertiary/aromatic N) is 2. The topological polar surface area (TPSA) is 55.5 Å². The number of hydrogen-bond donors (Lipinski definition) is 0. The number of aryl methyl sites for hydroxylation is 1. The molecule has 5 nitrogen and oxygen atoms in total. The maximum Gasteiger partial charge on any atom is 0.349 e. The lowest BCUT2D eigenvalue weighted by Gasteiger charge is -2.30. The van der Waals surface area contributed by atoms with E-state index in [9.17, 15) is 9.59 Å². The van der Waals surface area contributed by atoms with Gasteiger partial charge in [-0.25, -0.2) is 4.79 Å². The molecule has 134 valence electrons. The largest absolute Gasteiger partial charge is 0.422 e. The highest BCUT2D eigenvalue weighted by atomic mass is 16.4. The summed E-state index contributed by atoms with van der Waals surface area (Å²) in [5.41, 5.74) is 1.16. The molecule has 3 aromatic rings. The number of para-hydroxylation sites is 1. The van der Waals surface area contributed by atoms with Crippen LogP contribution in [0.1, 0.15) is 47.8 Å². The monoisotopic (exact) mass is 350 g/mol. The first-order valence-corrected chi connectivity index (χ1v) is 9.10. The summed E-state index contributed by atoms with van der Waals surface area (Å²) in [7, 11) is 1.99. The second-order valence-corrected chi connectivity index (χ2v) is 6.89. The molecule has 0 spiro atoms. The van der Waals surface area contributed by atoms with Crippen molar-refractivity contribution in [3.63, 3.8) is 0 Å². The van der Waals surface area contributed by atoms with Crippen LogP contribution in [0.25, 0.3) is 11.0 Å². The van der Waals surface area contributed by atoms with Crippen molar-refractivity contribution in [3.8, 4) is 0 Å². The Morgan fingerprint density at radius 1 is 1.12 bits per heavy atom. The SMILES string of the molecule is Cn1cccc1[C@@H]1CCCCCN1C(=O)c1cc2ccccc2oc1=O. The van der Waals surface area contributed by atoms with E-state index in [-0.39, 0.29) is 17.5 Å². The highest BCUT2D eigenvalue weighted by Gasteiger charge is 2.30. The first-order chi connectivity index (χ1) is 12.6. The molecule has 1 fully saturated rings. The zero-order valence-corrected chi connectivity index (χ0v) is 14.9. The Morgan fingerprint density at radius 3 is 2.77 bits per heavy atom. The van der Waals surface area contributed by atoms with E-state index in [1.165, 1.54) is 0 Å². The average molecular weight is 350 g/mol. The van der Waals surface area contributed by atoms with Crippen molar-refractivity contribution in [1.29, 1.82) is 0 Å². The predicted octanol–water partition coefficient (Wildman–Crippen LogP) is 3.89. The number of benzene rings is 1. The molecule has 1 amide bonds. The predicted molar refractivity (Wildman–Crippen MR) is 100 cm³/mol. The minimum absolute atomic E-state index is 0.0177. The van der Waals surface area contributed by atoms with Crippen LogP contribution < -0.4 is 5.63 Å². The highest BCUT2D eigenvalue weighted by Crippen LogP contribution is 2.31. The molecule has 2 aromatic heterocycles. The van der Waals surface area contributed by atoms with Gasteiger partial charge in [0.15, 0.2) is 0 Å². The Bertz CT molecular complexity index is 1000. The number of likely N-dealkylation sites (tertiary alicyclic amines) is 1. The second kappa shape index (κ2) is 6.83. The number of carbonyl (C=O) groups excluding carboxylic acids is 1. The first kappa shape index (κ1) is 16.6. The number of fused-ring (bicyclic) bond motifs is 1. The molecule has 1 aliphatic rings. The smallest absolute Gasteiger partial charge is 0.349 e. The molecule has 5 heteroatoms. The van der Waals surface area contributed by atoms with Crippen LogP contribution >= 0.6 is 0 Å². The first-order valence-electron chi connectivity index (χ1n) is 9.10. The van der Waals surface area contributed by atoms with Gasteiger partial charge in [-0.3, -0.25) is 4.79 Å². The van der Waals surface area contributed by atoms with Gasteiger partial charge in [-0.15, -0.1) is 0 Å². The van der Waals surface area contributed by atoms with Crippen molar-refractivity contribution in [2.75, 3.05) is 6.54 Å². The summed E-state index contributed by atoms with van der Waals surface area (Å²) in [6.07, 6.45) is 6.02. The third kappa shape index (κ3) is 2.94. The number of hydrogen-bond acceptors (Lipinski definition) is 3. The normalized spacial score (nSPS) is 18.0. The van der Waals surface area contributed by atoms with Gasteiger partial charge < -0.3 is 13.9 Å². The highest BCUT2D eigenvalue weighted by molar-refractivity contribution is 5.96. The number of rotatable bonds is 2. The van der Waals surface area contributed by atoms with Gasteiger partial charge in [-0.05, 0) is 37.1 Å². The molecule has 1 aliphatic heterocycles. The van der Waals surface area contributed by atoms with Gasteiger partial charge in [0.2, 0.25) is 0 Å². The van der Waals surface area contributed by atoms with Gasteiger partial charge in [-0.2, -0.15) is 0 Å². The van der Waals surface area contributed by atoms with E-state index in [0.717, 1.165) is 36.8 Å². The number of aromatic nitrogens is 1. The van der Waals surface area contributed by atoms with Crippen LogP contribution in [-0.4, -0.2) is 21.9 Å². The molecule has 1 atom stereocenters. The van der Waals surface area contributed by atoms with Gasteiger partial charge in [0, 0.05) is 30.9 Å². The van der Waals surface area contributed by atoms with Crippen LogP contribution in [0.2, 0.25) is 0 Å². The van der Waals surface area contributed by atoms with Gasteiger partial charge in [-0.1, -0.05) is 31.0 Å². The molecule has 0 saturated carbocycles. The minimum atomic E-state index is -0.566. The van der Waals surface area contributed by atoms with E-state index >= 15 is 0 Å². The number of amides is 1. The minimum Gasteiger partial charge on any atom is -0.422 e. The molecule has 3 heterocycles. The summed E-state index contributed by atoms with van der Waals surface area (Å²) in [6.45, 7) is 0.654. The summed E-state index contributed by atoms with van der Waals surface area (Å²) in [4.78, 5) is 27.6. The van der Waals surface area contributed by atoms with Crippen molar-refractivity contribution in [3.05, 3.63) is 70.3 Å². The lowest BCUT2D eigenvalue weighted by Crippen LogP contribution is -2.37. The van der Waals surface area contributed by atoms with Crippen LogP contribution in [0.5, 0.6) is 0 Å². The molecule has 0 aliphatic carbocycles. The third-order valence-corrected chi connectivity index (χ3v) is 5.21. The van der Waals surface area contributed by atoms with Crippen molar-refractivity contribution in [2.24, 2.45) is 7.05 Å². The Kier molecular flexibility index (Phi) is 4.37. The van der Waals surface area contributed by atoms with Crippen LogP contribution in [0, 0.1) is 0 Å². The average Bonchev–Trinajstić information content (AvgIpc) is 2.92. The van der Waals surface area contributed by atoms with Gasteiger partial charge in [0.1, 0.15) is 11.1 Å². The standard InChI is InChI=1S/C21H22N2O3/c1-22-12-7-10-17(22)18-9-3-2-6-13-23(18)20(24)16-14-15-8-4-5-11-19(15)26-21(16)25/h4-5,7-8,10-12,14,18H,2-3,6,9,13H2,1H3/t18-/m0/s1. The Morgan fingerprint density at radius 2 is 1.96 bits per heavy atom. The second-order valence-electron chi connectivity index (χ2n) is 6.89. The lowest BCUT2D eigenvalue weighted by molar-refractivity contribution is 0.0670. The molecule has 0 unspecified atom stereocenters. The maximum atomic E-state index is 13.3. The Hall–Kier alpha value is -2.82. The summed E-state index contributed by atoms with van der Waals surface area (Å²) in [6, 6.07) is 13.0. The molecule has 26 heavy (non-hydrogen) atoms. The van der Waals surface area contributed by atoms with E-state index in [1.807, 2.05) is 42.4 Å².